The van der Waals surface area contributed by atoms with Crippen molar-refractivity contribution in [1.29, 1.82) is 0 Å². The summed E-state index contributed by atoms with van der Waals surface area (Å²) >= 11 is 0. The molecule has 0 unspecified atom stereocenters. The SMILES string of the molecule is CCC(C)(C)c1ccc(OC(=O)[C@@H]2CC(=O)N(c3ccc(C)cc3)C2)cc1. The quantitative estimate of drug-likeness (QED) is 0.573. The summed E-state index contributed by atoms with van der Waals surface area (Å²) in [6.07, 6.45) is 1.22. The zero-order valence-corrected chi connectivity index (χ0v) is 16.5. The molecule has 1 fully saturated rings. The van der Waals surface area contributed by atoms with E-state index in [2.05, 4.69) is 20.8 Å². The Kier molecular flexibility index (Phi) is 5.36. The van der Waals surface area contributed by atoms with E-state index >= 15 is 0 Å². The highest BCUT2D eigenvalue weighted by Gasteiger charge is 2.36. The predicted octanol–water partition coefficient (Wildman–Crippen LogP) is 4.64. The number of rotatable bonds is 5. The summed E-state index contributed by atoms with van der Waals surface area (Å²) in [5, 5.41) is 0. The molecule has 3 rings (SSSR count). The molecule has 1 heterocycles. The molecule has 1 saturated heterocycles. The molecule has 1 aliphatic rings. The van der Waals surface area contributed by atoms with Gasteiger partial charge in [-0.3, -0.25) is 9.59 Å². The summed E-state index contributed by atoms with van der Waals surface area (Å²) in [6, 6.07) is 15.4. The van der Waals surface area contributed by atoms with Crippen LogP contribution in [-0.4, -0.2) is 18.4 Å². The van der Waals surface area contributed by atoms with Crippen LogP contribution in [-0.2, 0) is 15.0 Å². The number of hydrogen-bond donors (Lipinski definition) is 0. The molecule has 0 spiro atoms. The molecular formula is C23H27NO3. The highest BCUT2D eigenvalue weighted by atomic mass is 16.5. The molecule has 1 amide bonds. The number of carbonyl (C=O) groups is 2. The van der Waals surface area contributed by atoms with E-state index in [1.165, 1.54) is 5.56 Å². The number of aryl methyl sites for hydroxylation is 1. The average Bonchev–Trinajstić information content (AvgIpc) is 3.05. The normalized spacial score (nSPS) is 17.3. The van der Waals surface area contributed by atoms with E-state index in [1.54, 1.807) is 4.90 Å². The topological polar surface area (TPSA) is 46.6 Å². The Hall–Kier alpha value is -2.62. The molecular weight excluding hydrogens is 338 g/mol. The second-order valence-electron chi connectivity index (χ2n) is 7.92. The first kappa shape index (κ1) is 19.2. The lowest BCUT2D eigenvalue weighted by Crippen LogP contribution is -2.27. The van der Waals surface area contributed by atoms with Crippen molar-refractivity contribution in [2.45, 2.75) is 46.0 Å². The third-order valence-corrected chi connectivity index (χ3v) is 5.54. The Morgan fingerprint density at radius 2 is 1.74 bits per heavy atom. The van der Waals surface area contributed by atoms with Gasteiger partial charge in [0.25, 0.3) is 0 Å². The van der Waals surface area contributed by atoms with Gasteiger partial charge in [0, 0.05) is 18.7 Å². The number of amides is 1. The molecule has 0 N–H and O–H groups in total. The fourth-order valence-corrected chi connectivity index (χ4v) is 3.22. The molecule has 0 bridgehead atoms. The van der Waals surface area contributed by atoms with Gasteiger partial charge >= 0.3 is 5.97 Å². The van der Waals surface area contributed by atoms with Crippen LogP contribution in [0.5, 0.6) is 5.75 Å². The van der Waals surface area contributed by atoms with E-state index in [9.17, 15) is 9.59 Å². The van der Waals surface area contributed by atoms with Gasteiger partial charge in [-0.15, -0.1) is 0 Å². The number of esters is 1. The molecule has 0 saturated carbocycles. The lowest BCUT2D eigenvalue weighted by atomic mass is 9.82. The Bertz CT molecular complexity index is 822. The van der Waals surface area contributed by atoms with E-state index < -0.39 is 5.92 Å². The molecule has 0 radical (unpaired) electrons. The van der Waals surface area contributed by atoms with Crippen molar-refractivity contribution in [2.75, 3.05) is 11.4 Å². The maximum atomic E-state index is 12.5. The summed E-state index contributed by atoms with van der Waals surface area (Å²) in [7, 11) is 0. The number of benzene rings is 2. The van der Waals surface area contributed by atoms with Crippen LogP contribution in [0.3, 0.4) is 0 Å². The highest BCUT2D eigenvalue weighted by molar-refractivity contribution is 5.99. The third-order valence-electron chi connectivity index (χ3n) is 5.54. The average molecular weight is 365 g/mol. The third kappa shape index (κ3) is 4.21. The fourth-order valence-electron chi connectivity index (χ4n) is 3.22. The van der Waals surface area contributed by atoms with Crippen LogP contribution in [0.2, 0.25) is 0 Å². The largest absolute Gasteiger partial charge is 0.426 e. The fraction of sp³-hybridized carbons (Fsp3) is 0.391. The molecule has 2 aromatic rings. The Labute approximate surface area is 161 Å². The zero-order chi connectivity index (χ0) is 19.6. The molecule has 1 atom stereocenters. The summed E-state index contributed by atoms with van der Waals surface area (Å²) in [4.78, 5) is 26.5. The van der Waals surface area contributed by atoms with Gasteiger partial charge in [-0.05, 0) is 48.6 Å². The Balaban J connectivity index is 1.65. The monoisotopic (exact) mass is 365 g/mol. The van der Waals surface area contributed by atoms with Gasteiger partial charge < -0.3 is 9.64 Å². The van der Waals surface area contributed by atoms with Crippen molar-refractivity contribution in [3.8, 4) is 5.75 Å². The molecule has 2 aromatic carbocycles. The van der Waals surface area contributed by atoms with Crippen molar-refractivity contribution < 1.29 is 14.3 Å². The molecule has 4 heteroatoms. The van der Waals surface area contributed by atoms with Crippen LogP contribution in [0.25, 0.3) is 0 Å². The number of ether oxygens (including phenoxy) is 1. The van der Waals surface area contributed by atoms with Gasteiger partial charge in [-0.1, -0.05) is 50.6 Å². The van der Waals surface area contributed by atoms with Crippen LogP contribution in [0.4, 0.5) is 5.69 Å². The maximum absolute atomic E-state index is 12.5. The van der Waals surface area contributed by atoms with Crippen molar-refractivity contribution in [2.24, 2.45) is 5.92 Å². The lowest BCUT2D eigenvalue weighted by Gasteiger charge is -2.23. The summed E-state index contributed by atoms with van der Waals surface area (Å²) < 4.78 is 5.53. The van der Waals surface area contributed by atoms with E-state index in [1.807, 2.05) is 55.5 Å². The van der Waals surface area contributed by atoms with Crippen molar-refractivity contribution >= 4 is 17.6 Å². The lowest BCUT2D eigenvalue weighted by molar-refractivity contribution is -0.139. The minimum Gasteiger partial charge on any atom is -0.426 e. The molecule has 0 aliphatic carbocycles. The first-order valence-corrected chi connectivity index (χ1v) is 9.49. The molecule has 142 valence electrons. The number of anilines is 1. The first-order valence-electron chi connectivity index (χ1n) is 9.49. The highest BCUT2D eigenvalue weighted by Crippen LogP contribution is 2.29. The second kappa shape index (κ2) is 7.55. The summed E-state index contributed by atoms with van der Waals surface area (Å²) in [6.45, 7) is 8.91. The second-order valence-corrected chi connectivity index (χ2v) is 7.92. The van der Waals surface area contributed by atoms with Crippen molar-refractivity contribution in [1.82, 2.24) is 0 Å². The van der Waals surface area contributed by atoms with Crippen LogP contribution in [0.15, 0.2) is 48.5 Å². The molecule has 0 aromatic heterocycles. The minimum absolute atomic E-state index is 0.0409. The summed E-state index contributed by atoms with van der Waals surface area (Å²) in [5.74, 6) is -0.302. The number of hydrogen-bond acceptors (Lipinski definition) is 3. The minimum atomic E-state index is -0.439. The molecule has 27 heavy (non-hydrogen) atoms. The predicted molar refractivity (Wildman–Crippen MR) is 107 cm³/mol. The van der Waals surface area contributed by atoms with Crippen LogP contribution >= 0.6 is 0 Å². The molecule has 4 nitrogen and oxygen atoms in total. The summed E-state index contributed by atoms with van der Waals surface area (Å²) in [5.41, 5.74) is 3.27. The van der Waals surface area contributed by atoms with Gasteiger partial charge in [-0.25, -0.2) is 0 Å². The zero-order valence-electron chi connectivity index (χ0n) is 16.5. The van der Waals surface area contributed by atoms with Gasteiger partial charge in [0.2, 0.25) is 5.91 Å². The van der Waals surface area contributed by atoms with Crippen molar-refractivity contribution in [3.63, 3.8) is 0 Å². The van der Waals surface area contributed by atoms with Crippen LogP contribution < -0.4 is 9.64 Å². The van der Waals surface area contributed by atoms with Crippen molar-refractivity contribution in [3.05, 3.63) is 59.7 Å². The van der Waals surface area contributed by atoms with Gasteiger partial charge in [0.15, 0.2) is 0 Å². The van der Waals surface area contributed by atoms with E-state index in [0.717, 1.165) is 17.7 Å². The van der Waals surface area contributed by atoms with Gasteiger partial charge in [-0.2, -0.15) is 0 Å². The smallest absolute Gasteiger partial charge is 0.316 e. The van der Waals surface area contributed by atoms with Gasteiger partial charge in [0.1, 0.15) is 5.75 Å². The Morgan fingerprint density at radius 3 is 2.33 bits per heavy atom. The van der Waals surface area contributed by atoms with E-state index in [-0.39, 0.29) is 23.7 Å². The van der Waals surface area contributed by atoms with E-state index in [4.69, 9.17) is 4.74 Å². The maximum Gasteiger partial charge on any atom is 0.316 e. The molecule has 1 aliphatic heterocycles. The van der Waals surface area contributed by atoms with E-state index in [0.29, 0.717) is 12.3 Å². The first-order chi connectivity index (χ1) is 12.8. The standard InChI is InChI=1S/C23H27NO3/c1-5-23(3,4)18-8-12-20(13-9-18)27-22(26)17-14-21(25)24(15-17)19-10-6-16(2)7-11-19/h6-13,17H,5,14-15H2,1-4H3/t17-/m1/s1. The van der Waals surface area contributed by atoms with Crippen LogP contribution in [0, 0.1) is 12.8 Å². The van der Waals surface area contributed by atoms with Gasteiger partial charge in [0.05, 0.1) is 5.92 Å². The number of nitrogens with zero attached hydrogens (tertiary/aromatic N) is 1. The number of carbonyl (C=O) groups excluding carboxylic acids is 2. The van der Waals surface area contributed by atoms with Crippen LogP contribution in [0.1, 0.15) is 44.7 Å². The Morgan fingerprint density at radius 1 is 1.11 bits per heavy atom.